The van der Waals surface area contributed by atoms with Gasteiger partial charge in [-0.05, 0) is 31.5 Å². The molecule has 0 radical (unpaired) electrons. The summed E-state index contributed by atoms with van der Waals surface area (Å²) in [6.07, 6.45) is -4.43. The number of nitrogens with zero attached hydrogens (tertiary/aromatic N) is 1. The van der Waals surface area contributed by atoms with Crippen LogP contribution >= 0.6 is 0 Å². The van der Waals surface area contributed by atoms with E-state index in [1.54, 1.807) is 13.8 Å². The second-order valence-corrected chi connectivity index (χ2v) is 4.50. The van der Waals surface area contributed by atoms with Crippen LogP contribution in [-0.4, -0.2) is 34.8 Å². The monoisotopic (exact) mass is 305 g/mol. The van der Waals surface area contributed by atoms with E-state index in [1.165, 1.54) is 12.1 Å². The van der Waals surface area contributed by atoms with Crippen LogP contribution in [0.3, 0.4) is 0 Å². The fourth-order valence-corrected chi connectivity index (χ4v) is 1.77. The van der Waals surface area contributed by atoms with Gasteiger partial charge in [0.2, 0.25) is 6.41 Å². The number of rotatable bonds is 6. The van der Waals surface area contributed by atoms with Crippen molar-refractivity contribution in [2.45, 2.75) is 32.3 Å². The van der Waals surface area contributed by atoms with Gasteiger partial charge in [0.05, 0.1) is 0 Å². The summed E-state index contributed by atoms with van der Waals surface area (Å²) in [5.41, 5.74) is 0.179. The van der Waals surface area contributed by atoms with Crippen LogP contribution in [0, 0.1) is 0 Å². The molecule has 0 saturated heterocycles. The Balaban J connectivity index is 3.05. The van der Waals surface area contributed by atoms with E-state index >= 15 is 0 Å². The molecule has 0 bridgehead atoms. The normalized spacial score (nSPS) is 12.9. The van der Waals surface area contributed by atoms with Gasteiger partial charge in [-0.2, -0.15) is 0 Å². The smallest absolute Gasteiger partial charge is 0.479 e. The van der Waals surface area contributed by atoms with Crippen LogP contribution in [0.25, 0.3) is 0 Å². The van der Waals surface area contributed by atoms with Gasteiger partial charge < -0.3 is 14.7 Å². The van der Waals surface area contributed by atoms with Crippen molar-refractivity contribution in [3.8, 4) is 5.75 Å². The number of amides is 1. The van der Waals surface area contributed by atoms with Crippen LogP contribution in [0.1, 0.15) is 25.5 Å². The number of hydrogen-bond donors (Lipinski definition) is 1. The summed E-state index contributed by atoms with van der Waals surface area (Å²) in [6, 6.07) is 2.71. The largest absolute Gasteiger partial charge is 0.573 e. The SMILES string of the molecule is CC(C)N(C=O)C(C(=O)O)c1ccc(OC(F)(F)F)cc1. The quantitative estimate of drug-likeness (QED) is 0.820. The third kappa shape index (κ3) is 4.66. The Hall–Kier alpha value is -2.25. The molecule has 0 saturated carbocycles. The molecule has 1 N–H and O–H groups in total. The molecule has 0 heterocycles. The first-order valence-corrected chi connectivity index (χ1v) is 5.97. The third-order valence-electron chi connectivity index (χ3n) is 2.68. The number of carboxylic acids is 1. The average Bonchev–Trinajstić information content (AvgIpc) is 2.34. The minimum atomic E-state index is -4.82. The highest BCUT2D eigenvalue weighted by Gasteiger charge is 2.32. The summed E-state index contributed by atoms with van der Waals surface area (Å²) < 4.78 is 39.8. The van der Waals surface area contributed by atoms with E-state index in [0.717, 1.165) is 17.0 Å². The summed E-state index contributed by atoms with van der Waals surface area (Å²) in [6.45, 7) is 3.26. The van der Waals surface area contributed by atoms with Gasteiger partial charge in [0.15, 0.2) is 6.04 Å². The van der Waals surface area contributed by atoms with E-state index < -0.39 is 24.1 Å². The summed E-state index contributed by atoms with van der Waals surface area (Å²) in [7, 11) is 0. The molecule has 1 aromatic rings. The maximum atomic E-state index is 12.0. The molecule has 0 aliphatic carbocycles. The summed E-state index contributed by atoms with van der Waals surface area (Å²) in [5.74, 6) is -1.74. The van der Waals surface area contributed by atoms with Gasteiger partial charge in [0.1, 0.15) is 5.75 Å². The van der Waals surface area contributed by atoms with Gasteiger partial charge in [-0.3, -0.25) is 4.79 Å². The number of aliphatic carboxylic acids is 1. The van der Waals surface area contributed by atoms with Gasteiger partial charge in [0, 0.05) is 6.04 Å². The Morgan fingerprint density at radius 1 is 1.29 bits per heavy atom. The predicted molar refractivity (Wildman–Crippen MR) is 66.5 cm³/mol. The van der Waals surface area contributed by atoms with E-state index in [4.69, 9.17) is 0 Å². The van der Waals surface area contributed by atoms with Crippen LogP contribution in [0.2, 0.25) is 0 Å². The lowest BCUT2D eigenvalue weighted by Gasteiger charge is -2.28. The lowest BCUT2D eigenvalue weighted by atomic mass is 10.0. The Morgan fingerprint density at radius 2 is 1.81 bits per heavy atom. The fourth-order valence-electron chi connectivity index (χ4n) is 1.77. The highest BCUT2D eigenvalue weighted by atomic mass is 19.4. The first kappa shape index (κ1) is 16.8. The minimum Gasteiger partial charge on any atom is -0.479 e. The van der Waals surface area contributed by atoms with E-state index in [-0.39, 0.29) is 11.6 Å². The molecule has 0 aliphatic heterocycles. The highest BCUT2D eigenvalue weighted by Crippen LogP contribution is 2.27. The van der Waals surface area contributed by atoms with Crippen LogP contribution in [0.15, 0.2) is 24.3 Å². The Labute approximate surface area is 118 Å². The zero-order chi connectivity index (χ0) is 16.2. The standard InChI is InChI=1S/C13H14F3NO4/c1-8(2)17(7-18)11(12(19)20)9-3-5-10(6-4-9)21-13(14,15)16/h3-8,11H,1-2H3,(H,19,20). The number of carbonyl (C=O) groups excluding carboxylic acids is 1. The number of benzene rings is 1. The van der Waals surface area contributed by atoms with E-state index in [2.05, 4.69) is 4.74 Å². The molecule has 5 nitrogen and oxygen atoms in total. The van der Waals surface area contributed by atoms with Crippen molar-refractivity contribution in [3.63, 3.8) is 0 Å². The topological polar surface area (TPSA) is 66.8 Å². The van der Waals surface area contributed by atoms with Gasteiger partial charge in [-0.1, -0.05) is 12.1 Å². The van der Waals surface area contributed by atoms with E-state index in [9.17, 15) is 27.9 Å². The maximum Gasteiger partial charge on any atom is 0.573 e. The zero-order valence-electron chi connectivity index (χ0n) is 11.3. The lowest BCUT2D eigenvalue weighted by Crippen LogP contribution is -2.38. The van der Waals surface area contributed by atoms with Gasteiger partial charge in [-0.25, -0.2) is 4.79 Å². The Kier molecular flexibility index (Phi) is 5.17. The van der Waals surface area contributed by atoms with Crippen molar-refractivity contribution >= 4 is 12.4 Å². The van der Waals surface area contributed by atoms with Crippen molar-refractivity contribution in [1.29, 1.82) is 0 Å². The number of ether oxygens (including phenoxy) is 1. The van der Waals surface area contributed by atoms with Gasteiger partial charge in [-0.15, -0.1) is 13.2 Å². The molecule has 0 aromatic heterocycles. The molecule has 1 atom stereocenters. The summed E-state index contributed by atoms with van der Waals surface area (Å²) in [5, 5.41) is 9.22. The van der Waals surface area contributed by atoms with Crippen molar-refractivity contribution < 1.29 is 32.6 Å². The number of carbonyl (C=O) groups is 2. The maximum absolute atomic E-state index is 12.0. The molecule has 0 spiro atoms. The molecule has 8 heteroatoms. The third-order valence-corrected chi connectivity index (χ3v) is 2.68. The van der Waals surface area contributed by atoms with Gasteiger partial charge >= 0.3 is 12.3 Å². The first-order chi connectivity index (χ1) is 9.65. The lowest BCUT2D eigenvalue weighted by molar-refractivity contribution is -0.274. The number of halogens is 3. The Morgan fingerprint density at radius 3 is 2.14 bits per heavy atom. The van der Waals surface area contributed by atoms with Crippen molar-refractivity contribution in [3.05, 3.63) is 29.8 Å². The molecule has 1 amide bonds. The molecule has 116 valence electrons. The van der Waals surface area contributed by atoms with Crippen molar-refractivity contribution in [1.82, 2.24) is 4.90 Å². The predicted octanol–water partition coefficient (Wildman–Crippen LogP) is 2.58. The fraction of sp³-hybridized carbons (Fsp3) is 0.385. The number of alkyl halides is 3. The van der Waals surface area contributed by atoms with Crippen LogP contribution in [-0.2, 0) is 9.59 Å². The summed E-state index contributed by atoms with van der Waals surface area (Å²) >= 11 is 0. The molecule has 1 rings (SSSR count). The van der Waals surface area contributed by atoms with Crippen LogP contribution in [0.4, 0.5) is 13.2 Å². The van der Waals surface area contributed by atoms with Crippen molar-refractivity contribution in [2.75, 3.05) is 0 Å². The molecular formula is C13H14F3NO4. The molecule has 1 unspecified atom stereocenters. The Bertz CT molecular complexity index is 499. The second kappa shape index (κ2) is 6.47. The zero-order valence-corrected chi connectivity index (χ0v) is 11.3. The first-order valence-electron chi connectivity index (χ1n) is 5.97. The van der Waals surface area contributed by atoms with Gasteiger partial charge in [0.25, 0.3) is 0 Å². The number of hydrogen-bond acceptors (Lipinski definition) is 3. The minimum absolute atomic E-state index is 0.179. The number of carboxylic acid groups (broad SMARTS) is 1. The highest BCUT2D eigenvalue weighted by molar-refractivity contribution is 5.78. The molecule has 0 fully saturated rings. The van der Waals surface area contributed by atoms with Crippen LogP contribution < -0.4 is 4.74 Å². The summed E-state index contributed by atoms with van der Waals surface area (Å²) in [4.78, 5) is 23.4. The van der Waals surface area contributed by atoms with Crippen LogP contribution in [0.5, 0.6) is 5.75 Å². The molecule has 0 aliphatic rings. The van der Waals surface area contributed by atoms with E-state index in [0.29, 0.717) is 6.41 Å². The van der Waals surface area contributed by atoms with Crippen molar-refractivity contribution in [2.24, 2.45) is 0 Å². The molecule has 1 aromatic carbocycles. The molecule has 21 heavy (non-hydrogen) atoms. The molecular weight excluding hydrogens is 291 g/mol. The second-order valence-electron chi connectivity index (χ2n) is 4.50. The average molecular weight is 305 g/mol. The van der Waals surface area contributed by atoms with E-state index in [1.807, 2.05) is 0 Å².